The standard InChI is InChI=1S/C23H24F6O4/c24-22(25,26)15-32-19(30)21(14-18-10-5-2-6-11-18,20(31)33-16-23(27,28)29)13-7-12-17-8-3-1-4-9-17/h2,5-8,10-12H,1,3-4,9,13-16H2/b12-7+. The second-order valence-corrected chi connectivity index (χ2v) is 7.76. The van der Waals surface area contributed by atoms with E-state index in [0.717, 1.165) is 31.3 Å². The molecular formula is C23H24F6O4. The summed E-state index contributed by atoms with van der Waals surface area (Å²) in [4.78, 5) is 25.6. The Labute approximate surface area is 187 Å². The number of alkyl halides is 6. The Bertz CT molecular complexity index is 826. The summed E-state index contributed by atoms with van der Waals surface area (Å²) in [6.07, 6.45) is -2.30. The first-order valence-corrected chi connectivity index (χ1v) is 10.3. The van der Waals surface area contributed by atoms with Crippen molar-refractivity contribution in [2.24, 2.45) is 5.41 Å². The van der Waals surface area contributed by atoms with Crippen molar-refractivity contribution >= 4 is 11.9 Å². The van der Waals surface area contributed by atoms with Gasteiger partial charge in [-0.3, -0.25) is 9.59 Å². The minimum Gasteiger partial charge on any atom is -0.455 e. The van der Waals surface area contributed by atoms with Gasteiger partial charge in [-0.2, -0.15) is 26.3 Å². The molecule has 182 valence electrons. The summed E-state index contributed by atoms with van der Waals surface area (Å²) in [6, 6.07) is 7.74. The zero-order chi connectivity index (χ0) is 24.5. The largest absolute Gasteiger partial charge is 0.455 e. The molecule has 0 aromatic heterocycles. The van der Waals surface area contributed by atoms with Gasteiger partial charge in [0.25, 0.3) is 0 Å². The average molecular weight is 478 g/mol. The molecule has 33 heavy (non-hydrogen) atoms. The minimum atomic E-state index is -4.88. The molecule has 0 atom stereocenters. The van der Waals surface area contributed by atoms with Gasteiger partial charge >= 0.3 is 24.3 Å². The summed E-state index contributed by atoms with van der Waals surface area (Å²) in [5.74, 6) is -3.20. The molecule has 4 nitrogen and oxygen atoms in total. The maximum absolute atomic E-state index is 12.8. The molecule has 0 aliphatic heterocycles. The third-order valence-electron chi connectivity index (χ3n) is 4.99. The van der Waals surface area contributed by atoms with Crippen molar-refractivity contribution in [3.05, 3.63) is 59.7 Å². The first kappa shape index (κ1) is 26.5. The first-order valence-electron chi connectivity index (χ1n) is 10.3. The van der Waals surface area contributed by atoms with Crippen LogP contribution >= 0.6 is 0 Å². The second-order valence-electron chi connectivity index (χ2n) is 7.76. The topological polar surface area (TPSA) is 52.6 Å². The van der Waals surface area contributed by atoms with E-state index in [1.807, 2.05) is 6.08 Å². The number of carbonyl (C=O) groups excluding carboxylic acids is 2. The average Bonchev–Trinajstić information content (AvgIpc) is 2.75. The van der Waals surface area contributed by atoms with E-state index in [1.165, 1.54) is 18.2 Å². The molecule has 0 radical (unpaired) electrons. The molecule has 0 heterocycles. The Morgan fingerprint density at radius 1 is 0.879 bits per heavy atom. The van der Waals surface area contributed by atoms with E-state index in [9.17, 15) is 35.9 Å². The highest BCUT2D eigenvalue weighted by Gasteiger charge is 2.50. The van der Waals surface area contributed by atoms with Crippen molar-refractivity contribution < 1.29 is 45.4 Å². The molecule has 0 unspecified atom stereocenters. The van der Waals surface area contributed by atoms with Gasteiger partial charge in [0, 0.05) is 0 Å². The number of benzene rings is 1. The lowest BCUT2D eigenvalue weighted by molar-refractivity contribution is -0.206. The maximum atomic E-state index is 12.8. The summed E-state index contributed by atoms with van der Waals surface area (Å²) in [5, 5.41) is 0. The van der Waals surface area contributed by atoms with E-state index in [2.05, 4.69) is 9.47 Å². The van der Waals surface area contributed by atoms with Crippen LogP contribution in [0.5, 0.6) is 0 Å². The molecule has 0 amide bonds. The molecule has 2 rings (SSSR count). The monoisotopic (exact) mass is 478 g/mol. The van der Waals surface area contributed by atoms with Gasteiger partial charge in [-0.15, -0.1) is 0 Å². The lowest BCUT2D eigenvalue weighted by Gasteiger charge is -2.29. The molecule has 0 fully saturated rings. The van der Waals surface area contributed by atoms with E-state index in [-0.39, 0.29) is 0 Å². The van der Waals surface area contributed by atoms with Gasteiger partial charge in [0.05, 0.1) is 0 Å². The van der Waals surface area contributed by atoms with Gasteiger partial charge in [-0.1, -0.05) is 54.1 Å². The third kappa shape index (κ3) is 8.94. The van der Waals surface area contributed by atoms with Gasteiger partial charge in [0.15, 0.2) is 18.6 Å². The van der Waals surface area contributed by atoms with E-state index < -0.39 is 55.8 Å². The molecular weight excluding hydrogens is 454 g/mol. The van der Waals surface area contributed by atoms with Crippen LogP contribution in [0.15, 0.2) is 54.1 Å². The Kier molecular flexibility index (Phi) is 9.13. The molecule has 0 saturated carbocycles. The number of rotatable bonds is 9. The maximum Gasteiger partial charge on any atom is 0.422 e. The first-order chi connectivity index (χ1) is 15.4. The summed E-state index contributed by atoms with van der Waals surface area (Å²) >= 11 is 0. The van der Waals surface area contributed by atoms with Gasteiger partial charge in [0.2, 0.25) is 0 Å². The lowest BCUT2D eigenvalue weighted by atomic mass is 9.78. The summed E-state index contributed by atoms with van der Waals surface area (Å²) in [7, 11) is 0. The molecule has 0 bridgehead atoms. The van der Waals surface area contributed by atoms with Crippen molar-refractivity contribution in [3.63, 3.8) is 0 Å². The predicted octanol–water partition coefficient (Wildman–Crippen LogP) is 5.87. The van der Waals surface area contributed by atoms with Gasteiger partial charge in [-0.25, -0.2) is 0 Å². The molecule has 10 heteroatoms. The number of ether oxygens (including phenoxy) is 2. The van der Waals surface area contributed by atoms with Crippen LogP contribution in [0.3, 0.4) is 0 Å². The van der Waals surface area contributed by atoms with Crippen LogP contribution in [0.4, 0.5) is 26.3 Å². The number of carbonyl (C=O) groups is 2. The highest BCUT2D eigenvalue weighted by molar-refractivity contribution is 6.00. The highest BCUT2D eigenvalue weighted by Crippen LogP contribution is 2.34. The van der Waals surface area contributed by atoms with Crippen molar-refractivity contribution in [1.29, 1.82) is 0 Å². The third-order valence-corrected chi connectivity index (χ3v) is 4.99. The molecule has 1 aliphatic rings. The second kappa shape index (κ2) is 11.4. The van der Waals surface area contributed by atoms with E-state index >= 15 is 0 Å². The van der Waals surface area contributed by atoms with Crippen LogP contribution in [0, 0.1) is 5.41 Å². The smallest absolute Gasteiger partial charge is 0.422 e. The molecule has 0 saturated heterocycles. The van der Waals surface area contributed by atoms with Gasteiger partial charge in [0.1, 0.15) is 0 Å². The summed E-state index contributed by atoms with van der Waals surface area (Å²) in [6.45, 7) is -3.96. The fourth-order valence-electron chi connectivity index (χ4n) is 3.41. The van der Waals surface area contributed by atoms with E-state index in [0.29, 0.717) is 5.56 Å². The van der Waals surface area contributed by atoms with Crippen LogP contribution in [-0.2, 0) is 25.5 Å². The fraction of sp³-hybridized carbons (Fsp3) is 0.478. The van der Waals surface area contributed by atoms with E-state index in [1.54, 1.807) is 24.3 Å². The van der Waals surface area contributed by atoms with Crippen LogP contribution < -0.4 is 0 Å². The molecule has 1 aromatic rings. The van der Waals surface area contributed by atoms with Crippen molar-refractivity contribution in [2.75, 3.05) is 13.2 Å². The van der Waals surface area contributed by atoms with Gasteiger partial charge in [-0.05, 0) is 44.1 Å². The van der Waals surface area contributed by atoms with Crippen LogP contribution in [0.1, 0.15) is 37.7 Å². The number of halogens is 6. The normalized spacial score (nSPS) is 15.3. The number of hydrogen-bond donors (Lipinski definition) is 0. The number of hydrogen-bond acceptors (Lipinski definition) is 4. The molecule has 1 aliphatic carbocycles. The van der Waals surface area contributed by atoms with E-state index in [4.69, 9.17) is 0 Å². The lowest BCUT2D eigenvalue weighted by Crippen LogP contribution is -2.45. The summed E-state index contributed by atoms with van der Waals surface area (Å²) in [5.41, 5.74) is -1.18. The fourth-order valence-corrected chi connectivity index (χ4v) is 3.41. The highest BCUT2D eigenvalue weighted by atomic mass is 19.4. The van der Waals surface area contributed by atoms with Crippen molar-refractivity contribution in [1.82, 2.24) is 0 Å². The SMILES string of the molecule is O=C(OCC(F)(F)F)C(C/C=C/C1=CCCCC1)(Cc1ccccc1)C(=O)OCC(F)(F)F. The van der Waals surface area contributed by atoms with Crippen molar-refractivity contribution in [3.8, 4) is 0 Å². The Morgan fingerprint density at radius 3 is 1.94 bits per heavy atom. The molecule has 1 aromatic carbocycles. The minimum absolute atomic E-state index is 0.343. The van der Waals surface area contributed by atoms with Crippen LogP contribution in [-0.4, -0.2) is 37.5 Å². The Hall–Kier alpha value is -2.78. The predicted molar refractivity (Wildman–Crippen MR) is 107 cm³/mol. The summed E-state index contributed by atoms with van der Waals surface area (Å²) < 4.78 is 84.7. The zero-order valence-corrected chi connectivity index (χ0v) is 17.7. The van der Waals surface area contributed by atoms with Crippen LogP contribution in [0.2, 0.25) is 0 Å². The number of esters is 2. The number of allylic oxidation sites excluding steroid dienone is 4. The van der Waals surface area contributed by atoms with Crippen LogP contribution in [0.25, 0.3) is 0 Å². The zero-order valence-electron chi connectivity index (χ0n) is 17.7. The molecule has 0 spiro atoms. The van der Waals surface area contributed by atoms with Gasteiger partial charge < -0.3 is 9.47 Å². The quantitative estimate of drug-likeness (QED) is 0.253. The Morgan fingerprint density at radius 2 is 1.45 bits per heavy atom. The molecule has 0 N–H and O–H groups in total. The van der Waals surface area contributed by atoms with Crippen molar-refractivity contribution in [2.45, 2.75) is 50.9 Å². The Balaban J connectivity index is 2.40.